The van der Waals surface area contributed by atoms with Gasteiger partial charge in [0.05, 0.1) is 0 Å². The van der Waals surface area contributed by atoms with Crippen molar-refractivity contribution in [1.82, 2.24) is 0 Å². The quantitative estimate of drug-likeness (QED) is 0.439. The second-order valence-electron chi connectivity index (χ2n) is 6.15. The number of hydrogen-bond acceptors (Lipinski definition) is 0. The lowest BCUT2D eigenvalue weighted by Crippen LogP contribution is -1.99. The Hall–Kier alpha value is -3.06. The van der Waals surface area contributed by atoms with Crippen LogP contribution in [0.4, 0.5) is 0 Å². The zero-order valence-electron chi connectivity index (χ0n) is 13.9. The molecule has 0 saturated heterocycles. The van der Waals surface area contributed by atoms with Crippen molar-refractivity contribution in [1.29, 1.82) is 0 Å². The van der Waals surface area contributed by atoms with Gasteiger partial charge in [-0.25, -0.2) is 0 Å². The molecule has 0 aromatic heterocycles. The lowest BCUT2D eigenvalue weighted by Gasteiger charge is -2.09. The van der Waals surface area contributed by atoms with Gasteiger partial charge in [-0.2, -0.15) is 0 Å². The van der Waals surface area contributed by atoms with E-state index in [2.05, 4.69) is 84.9 Å². The van der Waals surface area contributed by atoms with Crippen LogP contribution in [0.2, 0.25) is 0 Å². The topological polar surface area (TPSA) is 0 Å². The third kappa shape index (κ3) is 3.41. The molecule has 0 saturated carbocycles. The monoisotopic (exact) mass is 316 g/mol. The van der Waals surface area contributed by atoms with Gasteiger partial charge in [0.2, 0.25) is 0 Å². The van der Waals surface area contributed by atoms with Crippen molar-refractivity contribution in [2.75, 3.05) is 0 Å². The average Bonchev–Trinajstić information content (AvgIpc) is 2.69. The Morgan fingerprint density at radius 2 is 0.760 bits per heavy atom. The molecule has 0 N–H and O–H groups in total. The maximum atomic E-state index is 5.80. The standard InChI is InChI=1S/C24H17B/c25-24-14-12-19(13-15-24)21-9-5-11-23(17-21)22-10-4-8-20(16-22)18-6-2-1-3-7-18/h1-17H. The molecule has 1 heteroatoms. The highest BCUT2D eigenvalue weighted by Gasteiger charge is 2.04. The molecule has 0 aliphatic heterocycles. The van der Waals surface area contributed by atoms with E-state index in [-0.39, 0.29) is 0 Å². The van der Waals surface area contributed by atoms with Crippen LogP contribution in [-0.2, 0) is 0 Å². The first-order valence-electron chi connectivity index (χ1n) is 8.41. The first-order valence-corrected chi connectivity index (χ1v) is 8.41. The molecular formula is C24H17B. The Balaban J connectivity index is 1.73. The van der Waals surface area contributed by atoms with Crippen molar-refractivity contribution in [2.45, 2.75) is 0 Å². The first-order chi connectivity index (χ1) is 12.3. The van der Waals surface area contributed by atoms with Crippen LogP contribution in [0.25, 0.3) is 33.4 Å². The third-order valence-corrected chi connectivity index (χ3v) is 4.41. The minimum atomic E-state index is 0.787. The molecule has 0 atom stereocenters. The number of benzene rings is 4. The molecule has 0 nitrogen and oxygen atoms in total. The second kappa shape index (κ2) is 6.82. The Kier molecular flexibility index (Phi) is 4.22. The summed E-state index contributed by atoms with van der Waals surface area (Å²) >= 11 is 0. The maximum absolute atomic E-state index is 5.80. The fraction of sp³-hybridized carbons (Fsp3) is 0. The number of rotatable bonds is 3. The molecule has 0 aliphatic carbocycles. The van der Waals surface area contributed by atoms with Crippen LogP contribution >= 0.6 is 0 Å². The van der Waals surface area contributed by atoms with E-state index in [1.165, 1.54) is 33.4 Å². The molecule has 116 valence electrons. The molecule has 0 aliphatic rings. The highest BCUT2D eigenvalue weighted by Crippen LogP contribution is 2.29. The predicted octanol–water partition coefficient (Wildman–Crippen LogP) is 5.48. The van der Waals surface area contributed by atoms with Crippen LogP contribution in [0.1, 0.15) is 0 Å². The molecule has 4 aromatic carbocycles. The van der Waals surface area contributed by atoms with Gasteiger partial charge in [-0.3, -0.25) is 0 Å². The molecule has 0 spiro atoms. The molecule has 2 radical (unpaired) electrons. The van der Waals surface area contributed by atoms with E-state index in [1.54, 1.807) is 0 Å². The van der Waals surface area contributed by atoms with E-state index in [0.717, 1.165) is 5.46 Å². The molecule has 4 aromatic rings. The highest BCUT2D eigenvalue weighted by atomic mass is 14.1. The molecule has 0 bridgehead atoms. The van der Waals surface area contributed by atoms with Gasteiger partial charge in [-0.1, -0.05) is 96.5 Å². The van der Waals surface area contributed by atoms with Crippen LogP contribution in [-0.4, -0.2) is 7.85 Å². The van der Waals surface area contributed by atoms with E-state index in [4.69, 9.17) is 7.85 Å². The van der Waals surface area contributed by atoms with Crippen molar-refractivity contribution >= 4 is 13.3 Å². The maximum Gasteiger partial charge on any atom is 0.113 e. The van der Waals surface area contributed by atoms with E-state index in [0.29, 0.717) is 0 Å². The third-order valence-electron chi connectivity index (χ3n) is 4.41. The van der Waals surface area contributed by atoms with Crippen LogP contribution in [0, 0.1) is 0 Å². The fourth-order valence-corrected chi connectivity index (χ4v) is 3.06. The Morgan fingerprint density at radius 1 is 0.360 bits per heavy atom. The summed E-state index contributed by atoms with van der Waals surface area (Å²) in [5.74, 6) is 0. The van der Waals surface area contributed by atoms with Crippen LogP contribution in [0.3, 0.4) is 0 Å². The van der Waals surface area contributed by atoms with Crippen molar-refractivity contribution in [3.8, 4) is 33.4 Å². The molecule has 0 heterocycles. The van der Waals surface area contributed by atoms with Gasteiger partial charge >= 0.3 is 0 Å². The van der Waals surface area contributed by atoms with Gasteiger partial charge in [0.1, 0.15) is 7.85 Å². The summed E-state index contributed by atoms with van der Waals surface area (Å²) < 4.78 is 0. The summed E-state index contributed by atoms with van der Waals surface area (Å²) in [6.45, 7) is 0. The zero-order valence-corrected chi connectivity index (χ0v) is 13.9. The summed E-state index contributed by atoms with van der Waals surface area (Å²) in [6.07, 6.45) is 0. The van der Waals surface area contributed by atoms with Crippen molar-refractivity contribution < 1.29 is 0 Å². The van der Waals surface area contributed by atoms with Crippen molar-refractivity contribution in [3.05, 3.63) is 103 Å². The molecule has 0 fully saturated rings. The smallest absolute Gasteiger partial charge is 0.0966 e. The Labute approximate surface area is 150 Å². The molecule has 0 amide bonds. The minimum absolute atomic E-state index is 0.787. The van der Waals surface area contributed by atoms with Crippen molar-refractivity contribution in [2.24, 2.45) is 0 Å². The van der Waals surface area contributed by atoms with Gasteiger partial charge in [0.15, 0.2) is 0 Å². The van der Waals surface area contributed by atoms with Crippen LogP contribution in [0.15, 0.2) is 103 Å². The van der Waals surface area contributed by atoms with E-state index in [9.17, 15) is 0 Å². The van der Waals surface area contributed by atoms with Gasteiger partial charge in [-0.15, -0.1) is 0 Å². The summed E-state index contributed by atoms with van der Waals surface area (Å²) in [4.78, 5) is 0. The van der Waals surface area contributed by atoms with Gasteiger partial charge < -0.3 is 0 Å². The summed E-state index contributed by atoms with van der Waals surface area (Å²) in [5, 5.41) is 0. The largest absolute Gasteiger partial charge is 0.113 e. The summed E-state index contributed by atoms with van der Waals surface area (Å²) in [7, 11) is 5.80. The number of hydrogen-bond donors (Lipinski definition) is 0. The van der Waals surface area contributed by atoms with Crippen LogP contribution in [0.5, 0.6) is 0 Å². The predicted molar refractivity (Wildman–Crippen MR) is 108 cm³/mol. The lowest BCUT2D eigenvalue weighted by molar-refractivity contribution is 1.58. The van der Waals surface area contributed by atoms with E-state index in [1.807, 2.05) is 18.2 Å². The van der Waals surface area contributed by atoms with E-state index >= 15 is 0 Å². The van der Waals surface area contributed by atoms with Gasteiger partial charge in [-0.05, 0) is 45.5 Å². The van der Waals surface area contributed by atoms with Gasteiger partial charge in [0, 0.05) is 0 Å². The SMILES string of the molecule is [B]c1ccc(-c2cccc(-c3cccc(-c4ccccc4)c3)c2)cc1. The summed E-state index contributed by atoms with van der Waals surface area (Å²) in [5.41, 5.74) is 8.06. The normalized spacial score (nSPS) is 10.6. The highest BCUT2D eigenvalue weighted by molar-refractivity contribution is 6.32. The van der Waals surface area contributed by atoms with Gasteiger partial charge in [0.25, 0.3) is 0 Å². The lowest BCUT2D eigenvalue weighted by atomic mass is 9.92. The first kappa shape index (κ1) is 15.5. The summed E-state index contributed by atoms with van der Waals surface area (Å²) in [6, 6.07) is 35.8. The molecular weight excluding hydrogens is 299 g/mol. The molecule has 4 rings (SSSR count). The molecule has 0 unspecified atom stereocenters. The molecule has 25 heavy (non-hydrogen) atoms. The Morgan fingerprint density at radius 3 is 1.28 bits per heavy atom. The Bertz CT molecular complexity index is 986. The average molecular weight is 316 g/mol. The van der Waals surface area contributed by atoms with Crippen LogP contribution < -0.4 is 5.46 Å². The van der Waals surface area contributed by atoms with E-state index < -0.39 is 0 Å². The zero-order chi connectivity index (χ0) is 17.1. The fourth-order valence-electron chi connectivity index (χ4n) is 3.06. The minimum Gasteiger partial charge on any atom is -0.0966 e. The second-order valence-corrected chi connectivity index (χ2v) is 6.15. The van der Waals surface area contributed by atoms with Crippen molar-refractivity contribution in [3.63, 3.8) is 0 Å².